The van der Waals surface area contributed by atoms with Crippen LogP contribution in [0, 0.1) is 11.8 Å². The highest BCUT2D eigenvalue weighted by Gasteiger charge is 2.41. The highest BCUT2D eigenvalue weighted by atomic mass is 15.2. The fraction of sp³-hybridized carbons (Fsp3) is 0.333. The van der Waals surface area contributed by atoms with Crippen molar-refractivity contribution in [1.29, 1.82) is 0 Å². The lowest BCUT2D eigenvalue weighted by atomic mass is 9.74. The van der Waals surface area contributed by atoms with Crippen LogP contribution in [0.4, 0.5) is 39.8 Å². The summed E-state index contributed by atoms with van der Waals surface area (Å²) in [4.78, 5) is 8.21. The molecule has 5 heterocycles. The van der Waals surface area contributed by atoms with Crippen molar-refractivity contribution in [2.45, 2.75) is 121 Å². The highest BCUT2D eigenvalue weighted by Crippen LogP contribution is 2.54. The van der Waals surface area contributed by atoms with E-state index in [1.54, 1.807) is 0 Å². The van der Waals surface area contributed by atoms with Crippen molar-refractivity contribution in [3.63, 3.8) is 0 Å². The second-order valence-corrected chi connectivity index (χ2v) is 21.6. The van der Waals surface area contributed by atoms with E-state index in [1.165, 1.54) is 171 Å². The number of anilines is 7. The molecule has 4 atom stereocenters. The average molecular weight is 875 g/mol. The van der Waals surface area contributed by atoms with E-state index in [1.807, 2.05) is 0 Å². The Balaban J connectivity index is 1.03. The molecule has 2 aliphatic carbocycles. The maximum absolute atomic E-state index is 2.85. The van der Waals surface area contributed by atoms with Crippen molar-refractivity contribution in [3.8, 4) is 5.69 Å². The number of hydrogen-bond donors (Lipinski definition) is 0. The van der Waals surface area contributed by atoms with Crippen LogP contribution in [0.2, 0.25) is 0 Å². The standard InChI is InChI=1S/C63H62N4/c1-63(2)52-39-48(65-56-23-11-5-17-43(56)29-30-44-18-6-12-24-57(44)65)34-36-61(52)67-60-35-33-47(64-54-21-9-3-15-41(54)27-28-42-16-4-10-22-55(42)64)37-50(60)51-38-49(40-53(63)62(51)67)66-58-25-13-7-19-45(58)31-32-46-20-8-14-26-59(46)66/h3,5-7,9,11-13,15,17-19,21,23-25,33-40,42,46,55,59H,4,8,10,14,16,20,22,26-32H2,1-2H3/t42-,46?,55?,59?/m0/s1. The first-order valence-electron chi connectivity index (χ1n) is 26.0. The van der Waals surface area contributed by atoms with Gasteiger partial charge in [-0.25, -0.2) is 0 Å². The van der Waals surface area contributed by atoms with E-state index >= 15 is 0 Å². The van der Waals surface area contributed by atoms with Gasteiger partial charge in [-0.2, -0.15) is 0 Å². The van der Waals surface area contributed by atoms with Crippen molar-refractivity contribution >= 4 is 61.6 Å². The molecule has 2 fully saturated rings. The van der Waals surface area contributed by atoms with E-state index in [0.29, 0.717) is 18.0 Å². The molecule has 7 aromatic carbocycles. The molecule has 0 spiro atoms. The summed E-state index contributed by atoms with van der Waals surface area (Å²) in [6.07, 6.45) is 17.5. The van der Waals surface area contributed by atoms with Crippen LogP contribution in [0.3, 0.4) is 0 Å². The fourth-order valence-electron chi connectivity index (χ4n) is 14.5. The predicted octanol–water partition coefficient (Wildman–Crippen LogP) is 16.3. The summed E-state index contributed by atoms with van der Waals surface area (Å²) >= 11 is 0. The number of rotatable bonds is 3. The van der Waals surface area contributed by atoms with Crippen LogP contribution in [0.1, 0.15) is 111 Å². The first kappa shape index (κ1) is 39.9. The van der Waals surface area contributed by atoms with Crippen molar-refractivity contribution in [2.75, 3.05) is 14.7 Å². The van der Waals surface area contributed by atoms with Gasteiger partial charge in [0, 0.05) is 68.1 Å². The Labute approximate surface area is 396 Å². The number of aryl methyl sites for hydroxylation is 4. The first-order valence-corrected chi connectivity index (χ1v) is 26.0. The molecule has 4 aliphatic heterocycles. The number of fused-ring (bicyclic) bond motifs is 11. The van der Waals surface area contributed by atoms with Crippen LogP contribution in [-0.4, -0.2) is 16.7 Å². The van der Waals surface area contributed by atoms with Crippen LogP contribution in [0.25, 0.3) is 27.5 Å². The Hall–Kier alpha value is -6.26. The molecule has 4 nitrogen and oxygen atoms in total. The Bertz CT molecular complexity index is 3210. The Kier molecular flexibility index (Phi) is 9.16. The number of hydrogen-bond acceptors (Lipinski definition) is 3. The van der Waals surface area contributed by atoms with Gasteiger partial charge in [0.2, 0.25) is 0 Å². The van der Waals surface area contributed by atoms with E-state index < -0.39 is 0 Å². The highest BCUT2D eigenvalue weighted by molar-refractivity contribution is 6.14. The van der Waals surface area contributed by atoms with Crippen LogP contribution in [-0.2, 0) is 31.1 Å². The number of nitrogens with zero attached hydrogens (tertiary/aromatic N) is 4. The van der Waals surface area contributed by atoms with Gasteiger partial charge in [0.05, 0.1) is 16.7 Å². The van der Waals surface area contributed by atoms with Crippen molar-refractivity contribution < 1.29 is 0 Å². The van der Waals surface area contributed by atoms with Gasteiger partial charge in [0.1, 0.15) is 0 Å². The molecule has 2 saturated carbocycles. The lowest BCUT2D eigenvalue weighted by Gasteiger charge is -2.41. The molecule has 0 bridgehead atoms. The van der Waals surface area contributed by atoms with Gasteiger partial charge in [-0.15, -0.1) is 0 Å². The third-order valence-corrected chi connectivity index (χ3v) is 17.8. The first-order chi connectivity index (χ1) is 33.0. The van der Waals surface area contributed by atoms with E-state index in [9.17, 15) is 0 Å². The molecular formula is C63H62N4. The fourth-order valence-corrected chi connectivity index (χ4v) is 14.5. The predicted molar refractivity (Wildman–Crippen MR) is 280 cm³/mol. The van der Waals surface area contributed by atoms with Gasteiger partial charge < -0.3 is 19.3 Å². The SMILES string of the molecule is CC1(C)c2cc(N3c4ccccc4CCc4ccccc43)ccc2-n2c3ccc(N4c5ccccc5CC[C@@H]5CCCCC54)cc3c3cc(N4c5ccccc5CCC5CCCCC54)cc1c32. The summed E-state index contributed by atoms with van der Waals surface area (Å²) in [6, 6.07) is 58.3. The zero-order chi connectivity index (χ0) is 44.4. The zero-order valence-electron chi connectivity index (χ0n) is 39.4. The second-order valence-electron chi connectivity index (χ2n) is 21.6. The third kappa shape index (κ3) is 6.10. The smallest absolute Gasteiger partial charge is 0.0583 e. The summed E-state index contributed by atoms with van der Waals surface area (Å²) in [6.45, 7) is 5.03. The van der Waals surface area contributed by atoms with Crippen molar-refractivity contribution in [3.05, 3.63) is 179 Å². The summed E-state index contributed by atoms with van der Waals surface area (Å²) < 4.78 is 2.67. The van der Waals surface area contributed by atoms with Gasteiger partial charge in [-0.1, -0.05) is 112 Å². The Morgan fingerprint density at radius 1 is 0.403 bits per heavy atom. The molecule has 0 N–H and O–H groups in total. The second kappa shape index (κ2) is 15.4. The van der Waals surface area contributed by atoms with Gasteiger partial charge in [0.25, 0.3) is 0 Å². The summed E-state index contributed by atoms with van der Waals surface area (Å²) in [5.41, 5.74) is 21.7. The molecule has 0 amide bonds. The van der Waals surface area contributed by atoms with Gasteiger partial charge in [-0.3, -0.25) is 0 Å². The minimum atomic E-state index is -0.284. The molecule has 14 rings (SSSR count). The molecule has 0 saturated heterocycles. The van der Waals surface area contributed by atoms with Crippen LogP contribution < -0.4 is 14.7 Å². The summed E-state index contributed by atoms with van der Waals surface area (Å²) in [5.74, 6) is 1.42. The van der Waals surface area contributed by atoms with E-state index in [-0.39, 0.29) is 5.41 Å². The van der Waals surface area contributed by atoms with Gasteiger partial charge >= 0.3 is 0 Å². The lowest BCUT2D eigenvalue weighted by Crippen LogP contribution is -2.39. The topological polar surface area (TPSA) is 14.7 Å². The largest absolute Gasteiger partial charge is 0.338 e. The quantitative estimate of drug-likeness (QED) is 0.176. The average Bonchev–Trinajstić information content (AvgIpc) is 3.49. The van der Waals surface area contributed by atoms with Crippen LogP contribution in [0.5, 0.6) is 0 Å². The normalized spacial score (nSPS) is 22.6. The molecule has 334 valence electrons. The molecule has 67 heavy (non-hydrogen) atoms. The Morgan fingerprint density at radius 3 is 1.51 bits per heavy atom. The summed E-state index contributed by atoms with van der Waals surface area (Å²) in [7, 11) is 0. The number of aromatic nitrogens is 1. The summed E-state index contributed by atoms with van der Waals surface area (Å²) in [5, 5.41) is 2.76. The third-order valence-electron chi connectivity index (χ3n) is 17.8. The van der Waals surface area contributed by atoms with Gasteiger partial charge in [0.15, 0.2) is 0 Å². The van der Waals surface area contributed by atoms with E-state index in [0.717, 1.165) is 25.2 Å². The molecule has 6 aliphatic rings. The van der Waals surface area contributed by atoms with Crippen molar-refractivity contribution in [1.82, 2.24) is 4.57 Å². The Morgan fingerprint density at radius 2 is 0.896 bits per heavy atom. The lowest BCUT2D eigenvalue weighted by molar-refractivity contribution is 0.295. The minimum Gasteiger partial charge on any atom is -0.338 e. The van der Waals surface area contributed by atoms with E-state index in [2.05, 4.69) is 179 Å². The van der Waals surface area contributed by atoms with E-state index in [4.69, 9.17) is 0 Å². The van der Waals surface area contributed by atoms with Crippen LogP contribution >= 0.6 is 0 Å². The van der Waals surface area contributed by atoms with Crippen molar-refractivity contribution in [2.24, 2.45) is 11.8 Å². The molecular weight excluding hydrogens is 813 g/mol. The number of para-hydroxylation sites is 4. The molecule has 0 radical (unpaired) electrons. The molecule has 4 heteroatoms. The molecule has 1 aromatic heterocycles. The monoisotopic (exact) mass is 874 g/mol. The molecule has 3 unspecified atom stereocenters. The van der Waals surface area contributed by atoms with Gasteiger partial charge in [-0.05, 0) is 182 Å². The molecule has 8 aromatic rings. The minimum absolute atomic E-state index is 0.284. The van der Waals surface area contributed by atoms with Crippen LogP contribution in [0.15, 0.2) is 146 Å². The maximum Gasteiger partial charge on any atom is 0.0583 e. The number of benzene rings is 7. The maximum atomic E-state index is 2.85. The zero-order valence-corrected chi connectivity index (χ0v) is 39.4.